The SMILES string of the molecule is CCOC(=O)NCCC(=O)N1CCN(C/C=C/c2ccccc2)CC1. The van der Waals surface area contributed by atoms with E-state index in [2.05, 4.69) is 34.5 Å². The fraction of sp³-hybridized carbons (Fsp3) is 0.474. The molecule has 0 radical (unpaired) electrons. The normalized spacial score (nSPS) is 15.3. The third kappa shape index (κ3) is 6.97. The molecular formula is C19H27N3O3. The van der Waals surface area contributed by atoms with Gasteiger partial charge in [0.15, 0.2) is 0 Å². The Kier molecular flexibility index (Phi) is 7.98. The second kappa shape index (κ2) is 10.5. The van der Waals surface area contributed by atoms with Crippen LogP contribution in [0.3, 0.4) is 0 Å². The van der Waals surface area contributed by atoms with Gasteiger partial charge in [-0.3, -0.25) is 9.69 Å². The van der Waals surface area contributed by atoms with Gasteiger partial charge in [0.05, 0.1) is 6.61 Å². The number of carbonyl (C=O) groups is 2. The van der Waals surface area contributed by atoms with Crippen molar-refractivity contribution in [1.29, 1.82) is 0 Å². The molecule has 6 nitrogen and oxygen atoms in total. The first kappa shape index (κ1) is 19.0. The molecule has 0 saturated carbocycles. The summed E-state index contributed by atoms with van der Waals surface area (Å²) in [6.45, 7) is 6.50. The second-order valence-corrected chi connectivity index (χ2v) is 5.89. The average molecular weight is 345 g/mol. The lowest BCUT2D eigenvalue weighted by Crippen LogP contribution is -2.49. The molecule has 0 atom stereocenters. The van der Waals surface area contributed by atoms with Crippen molar-refractivity contribution in [1.82, 2.24) is 15.1 Å². The van der Waals surface area contributed by atoms with E-state index in [1.54, 1.807) is 6.92 Å². The van der Waals surface area contributed by atoms with Gasteiger partial charge in [0.2, 0.25) is 5.91 Å². The molecule has 1 saturated heterocycles. The monoisotopic (exact) mass is 345 g/mol. The highest BCUT2D eigenvalue weighted by molar-refractivity contribution is 5.77. The summed E-state index contributed by atoms with van der Waals surface area (Å²) >= 11 is 0. The zero-order chi connectivity index (χ0) is 17.9. The molecule has 1 heterocycles. The molecule has 1 aromatic rings. The Morgan fingerprint density at radius 1 is 1.16 bits per heavy atom. The van der Waals surface area contributed by atoms with Crippen molar-refractivity contribution in [2.24, 2.45) is 0 Å². The molecule has 0 spiro atoms. The number of carbonyl (C=O) groups excluding carboxylic acids is 2. The number of hydrogen-bond acceptors (Lipinski definition) is 4. The van der Waals surface area contributed by atoms with Gasteiger partial charge in [-0.05, 0) is 12.5 Å². The Hall–Kier alpha value is -2.34. The highest BCUT2D eigenvalue weighted by Gasteiger charge is 2.20. The molecule has 1 N–H and O–H groups in total. The number of alkyl carbamates (subject to hydrolysis) is 1. The van der Waals surface area contributed by atoms with Crippen molar-refractivity contribution in [3.05, 3.63) is 42.0 Å². The Morgan fingerprint density at radius 2 is 1.88 bits per heavy atom. The molecule has 0 aliphatic carbocycles. The summed E-state index contributed by atoms with van der Waals surface area (Å²) in [6.07, 6.45) is 4.13. The molecular weight excluding hydrogens is 318 g/mol. The smallest absolute Gasteiger partial charge is 0.407 e. The lowest BCUT2D eigenvalue weighted by atomic mass is 10.2. The van der Waals surface area contributed by atoms with E-state index in [1.165, 1.54) is 5.56 Å². The lowest BCUT2D eigenvalue weighted by molar-refractivity contribution is -0.132. The van der Waals surface area contributed by atoms with Gasteiger partial charge >= 0.3 is 6.09 Å². The first-order valence-corrected chi connectivity index (χ1v) is 8.81. The van der Waals surface area contributed by atoms with Crippen LogP contribution in [-0.4, -0.2) is 67.7 Å². The summed E-state index contributed by atoms with van der Waals surface area (Å²) < 4.78 is 4.76. The summed E-state index contributed by atoms with van der Waals surface area (Å²) in [5, 5.41) is 2.58. The van der Waals surface area contributed by atoms with Crippen LogP contribution >= 0.6 is 0 Å². The van der Waals surface area contributed by atoms with Gasteiger partial charge in [0.1, 0.15) is 0 Å². The number of amides is 2. The van der Waals surface area contributed by atoms with Crippen molar-refractivity contribution in [3.63, 3.8) is 0 Å². The van der Waals surface area contributed by atoms with Crippen LogP contribution < -0.4 is 5.32 Å². The van der Waals surface area contributed by atoms with Crippen LogP contribution in [0.5, 0.6) is 0 Å². The van der Waals surface area contributed by atoms with Crippen molar-refractivity contribution in [3.8, 4) is 0 Å². The van der Waals surface area contributed by atoms with Gasteiger partial charge in [-0.25, -0.2) is 4.79 Å². The molecule has 6 heteroatoms. The van der Waals surface area contributed by atoms with E-state index >= 15 is 0 Å². The van der Waals surface area contributed by atoms with Crippen LogP contribution in [0.1, 0.15) is 18.9 Å². The summed E-state index contributed by atoms with van der Waals surface area (Å²) in [7, 11) is 0. The summed E-state index contributed by atoms with van der Waals surface area (Å²) in [5.74, 6) is 0.0799. The van der Waals surface area contributed by atoms with Crippen LogP contribution in [0.2, 0.25) is 0 Å². The highest BCUT2D eigenvalue weighted by atomic mass is 16.5. The van der Waals surface area contributed by atoms with Gasteiger partial charge in [0.25, 0.3) is 0 Å². The molecule has 25 heavy (non-hydrogen) atoms. The number of benzene rings is 1. The van der Waals surface area contributed by atoms with Gasteiger partial charge in [0, 0.05) is 45.7 Å². The minimum Gasteiger partial charge on any atom is -0.450 e. The van der Waals surface area contributed by atoms with E-state index in [0.29, 0.717) is 19.6 Å². The van der Waals surface area contributed by atoms with Crippen molar-refractivity contribution in [2.75, 3.05) is 45.9 Å². The zero-order valence-electron chi connectivity index (χ0n) is 14.8. The predicted molar refractivity (Wildman–Crippen MR) is 98.1 cm³/mol. The maximum absolute atomic E-state index is 12.1. The fourth-order valence-corrected chi connectivity index (χ4v) is 2.69. The maximum Gasteiger partial charge on any atom is 0.407 e. The highest BCUT2D eigenvalue weighted by Crippen LogP contribution is 2.05. The van der Waals surface area contributed by atoms with E-state index in [1.807, 2.05) is 23.1 Å². The van der Waals surface area contributed by atoms with Crippen LogP contribution in [0.4, 0.5) is 4.79 Å². The second-order valence-electron chi connectivity index (χ2n) is 5.89. The number of rotatable bonds is 7. The molecule has 2 amide bonds. The molecule has 0 unspecified atom stereocenters. The molecule has 0 aromatic heterocycles. The third-order valence-corrected chi connectivity index (χ3v) is 4.08. The Labute approximate surface area is 149 Å². The van der Waals surface area contributed by atoms with Crippen LogP contribution in [0, 0.1) is 0 Å². The Balaban J connectivity index is 1.63. The number of nitrogens with zero attached hydrogens (tertiary/aromatic N) is 2. The predicted octanol–water partition coefficient (Wildman–Crippen LogP) is 1.98. The van der Waals surface area contributed by atoms with E-state index < -0.39 is 6.09 Å². The van der Waals surface area contributed by atoms with E-state index in [9.17, 15) is 9.59 Å². The molecule has 1 fully saturated rings. The van der Waals surface area contributed by atoms with Gasteiger partial charge in [-0.15, -0.1) is 0 Å². The molecule has 1 aliphatic rings. The van der Waals surface area contributed by atoms with Crippen molar-refractivity contribution >= 4 is 18.1 Å². The first-order chi connectivity index (χ1) is 12.2. The number of ether oxygens (including phenoxy) is 1. The largest absolute Gasteiger partial charge is 0.450 e. The van der Waals surface area contributed by atoms with Crippen molar-refractivity contribution in [2.45, 2.75) is 13.3 Å². The number of piperazine rings is 1. The van der Waals surface area contributed by atoms with E-state index in [-0.39, 0.29) is 5.91 Å². The Morgan fingerprint density at radius 3 is 2.56 bits per heavy atom. The number of hydrogen-bond donors (Lipinski definition) is 1. The topological polar surface area (TPSA) is 61.9 Å². The maximum atomic E-state index is 12.1. The van der Waals surface area contributed by atoms with E-state index in [4.69, 9.17) is 4.74 Å². The fourth-order valence-electron chi connectivity index (χ4n) is 2.69. The van der Waals surface area contributed by atoms with Gasteiger partial charge in [-0.2, -0.15) is 0 Å². The minimum atomic E-state index is -0.467. The lowest BCUT2D eigenvalue weighted by Gasteiger charge is -2.34. The molecule has 2 rings (SSSR count). The molecule has 1 aliphatic heterocycles. The molecule has 0 bridgehead atoms. The van der Waals surface area contributed by atoms with Crippen LogP contribution in [-0.2, 0) is 9.53 Å². The molecule has 1 aromatic carbocycles. The Bertz CT molecular complexity index is 567. The molecule has 136 valence electrons. The van der Waals surface area contributed by atoms with Crippen LogP contribution in [0.15, 0.2) is 36.4 Å². The van der Waals surface area contributed by atoms with Crippen molar-refractivity contribution < 1.29 is 14.3 Å². The summed E-state index contributed by atoms with van der Waals surface area (Å²) in [5.41, 5.74) is 1.20. The third-order valence-electron chi connectivity index (χ3n) is 4.08. The van der Waals surface area contributed by atoms with E-state index in [0.717, 1.165) is 32.7 Å². The van der Waals surface area contributed by atoms with Gasteiger partial charge in [-0.1, -0.05) is 42.5 Å². The number of nitrogens with one attached hydrogen (secondary N) is 1. The summed E-state index contributed by atoms with van der Waals surface area (Å²) in [6, 6.07) is 10.2. The zero-order valence-corrected chi connectivity index (χ0v) is 14.8. The van der Waals surface area contributed by atoms with Gasteiger partial charge < -0.3 is 15.0 Å². The van der Waals surface area contributed by atoms with Crippen LogP contribution in [0.25, 0.3) is 6.08 Å². The average Bonchev–Trinajstić information content (AvgIpc) is 2.63. The summed E-state index contributed by atoms with van der Waals surface area (Å²) in [4.78, 5) is 27.5. The first-order valence-electron chi connectivity index (χ1n) is 8.81. The quantitative estimate of drug-likeness (QED) is 0.821. The standard InChI is InChI=1S/C19H27N3O3/c1-2-25-19(24)20-11-10-18(23)22-15-13-21(14-16-22)12-6-9-17-7-4-3-5-8-17/h3-9H,2,10-16H2,1H3,(H,20,24)/b9-6+. The minimum absolute atomic E-state index is 0.0799.